The van der Waals surface area contributed by atoms with E-state index in [4.69, 9.17) is 10.8 Å². The Labute approximate surface area is 100 Å². The van der Waals surface area contributed by atoms with Crippen LogP contribution in [0.2, 0.25) is 0 Å². The van der Waals surface area contributed by atoms with Crippen molar-refractivity contribution in [3.8, 4) is 0 Å². The number of carboxylic acid groups (broad SMARTS) is 1. The van der Waals surface area contributed by atoms with Gasteiger partial charge in [-0.15, -0.1) is 0 Å². The molecule has 0 amide bonds. The Bertz CT molecular complexity index is 496. The molecular weight excluding hydrogens is 242 g/mol. The van der Waals surface area contributed by atoms with Gasteiger partial charge in [0.05, 0.1) is 17.1 Å². The van der Waals surface area contributed by atoms with Gasteiger partial charge >= 0.3 is 5.97 Å². The standard InChI is InChI=1S/C11H15NO4S/c12-5-2-6-17(15,16)8-9-3-1-4-10(7-9)11(13)14/h1,3-4,7H,2,5-6,8,12H2,(H,13,14). The van der Waals surface area contributed by atoms with Crippen LogP contribution in [0.1, 0.15) is 22.3 Å². The SMILES string of the molecule is NCCCS(=O)(=O)Cc1cccc(C(=O)O)c1. The minimum Gasteiger partial charge on any atom is -0.478 e. The molecule has 1 aromatic rings. The molecule has 1 rings (SSSR count). The summed E-state index contributed by atoms with van der Waals surface area (Å²) in [5.41, 5.74) is 5.83. The molecule has 0 bridgehead atoms. The van der Waals surface area contributed by atoms with Crippen LogP contribution < -0.4 is 5.73 Å². The maximum atomic E-state index is 11.6. The Hall–Kier alpha value is -1.40. The minimum absolute atomic E-state index is 0.0286. The zero-order valence-corrected chi connectivity index (χ0v) is 10.1. The molecule has 0 saturated carbocycles. The van der Waals surface area contributed by atoms with Crippen molar-refractivity contribution in [1.82, 2.24) is 0 Å². The molecule has 0 aliphatic heterocycles. The Kier molecular flexibility index (Phi) is 4.65. The minimum atomic E-state index is -3.21. The highest BCUT2D eigenvalue weighted by molar-refractivity contribution is 7.90. The van der Waals surface area contributed by atoms with Gasteiger partial charge < -0.3 is 10.8 Å². The largest absolute Gasteiger partial charge is 0.478 e. The van der Waals surface area contributed by atoms with E-state index in [2.05, 4.69) is 0 Å². The third-order valence-electron chi connectivity index (χ3n) is 2.22. The summed E-state index contributed by atoms with van der Waals surface area (Å²) in [6.07, 6.45) is 0.418. The van der Waals surface area contributed by atoms with Crippen molar-refractivity contribution in [2.24, 2.45) is 5.73 Å². The lowest BCUT2D eigenvalue weighted by atomic mass is 10.1. The van der Waals surface area contributed by atoms with Gasteiger partial charge in [-0.05, 0) is 30.7 Å². The molecule has 0 aliphatic rings. The van der Waals surface area contributed by atoms with Crippen LogP contribution in [0.3, 0.4) is 0 Å². The number of carboxylic acids is 1. The molecule has 0 atom stereocenters. The highest BCUT2D eigenvalue weighted by Gasteiger charge is 2.12. The number of sulfone groups is 1. The summed E-state index contributed by atoms with van der Waals surface area (Å²) in [5, 5.41) is 8.78. The van der Waals surface area contributed by atoms with E-state index >= 15 is 0 Å². The zero-order chi connectivity index (χ0) is 12.9. The van der Waals surface area contributed by atoms with Crippen molar-refractivity contribution >= 4 is 15.8 Å². The van der Waals surface area contributed by atoms with Crippen molar-refractivity contribution in [2.45, 2.75) is 12.2 Å². The number of hydrogen-bond acceptors (Lipinski definition) is 4. The van der Waals surface area contributed by atoms with Crippen molar-refractivity contribution in [3.05, 3.63) is 35.4 Å². The van der Waals surface area contributed by atoms with Crippen LogP contribution in [-0.4, -0.2) is 31.8 Å². The Balaban J connectivity index is 2.81. The molecule has 0 fully saturated rings. The molecule has 0 spiro atoms. The topological polar surface area (TPSA) is 97.5 Å². The molecule has 3 N–H and O–H groups in total. The number of aromatic carboxylic acids is 1. The summed E-state index contributed by atoms with van der Waals surface area (Å²) in [4.78, 5) is 10.7. The van der Waals surface area contributed by atoms with Crippen LogP contribution in [0.15, 0.2) is 24.3 Å². The first kappa shape index (κ1) is 13.7. The van der Waals surface area contributed by atoms with Crippen LogP contribution in [-0.2, 0) is 15.6 Å². The van der Waals surface area contributed by atoms with E-state index in [1.807, 2.05) is 0 Å². The lowest BCUT2D eigenvalue weighted by molar-refractivity contribution is 0.0696. The third-order valence-corrected chi connectivity index (χ3v) is 3.90. The number of carbonyl (C=O) groups is 1. The van der Waals surface area contributed by atoms with Gasteiger partial charge in [0.25, 0.3) is 0 Å². The van der Waals surface area contributed by atoms with Crippen LogP contribution >= 0.6 is 0 Å². The molecule has 94 valence electrons. The predicted molar refractivity (Wildman–Crippen MR) is 64.6 cm³/mol. The first-order chi connectivity index (χ1) is 7.94. The second-order valence-electron chi connectivity index (χ2n) is 3.74. The predicted octanol–water partition coefficient (Wildman–Crippen LogP) is 0.648. The van der Waals surface area contributed by atoms with Gasteiger partial charge in [0.2, 0.25) is 0 Å². The van der Waals surface area contributed by atoms with Gasteiger partial charge in [0.1, 0.15) is 0 Å². The van der Waals surface area contributed by atoms with Crippen LogP contribution in [0.4, 0.5) is 0 Å². The van der Waals surface area contributed by atoms with E-state index in [0.29, 0.717) is 18.5 Å². The summed E-state index contributed by atoms with van der Waals surface area (Å²) >= 11 is 0. The average Bonchev–Trinajstić information content (AvgIpc) is 2.26. The van der Waals surface area contributed by atoms with Gasteiger partial charge in [-0.2, -0.15) is 0 Å². The fraction of sp³-hybridized carbons (Fsp3) is 0.364. The second-order valence-corrected chi connectivity index (χ2v) is 5.92. The molecular formula is C11H15NO4S. The van der Waals surface area contributed by atoms with Crippen molar-refractivity contribution in [3.63, 3.8) is 0 Å². The van der Waals surface area contributed by atoms with E-state index < -0.39 is 15.8 Å². The van der Waals surface area contributed by atoms with E-state index in [1.54, 1.807) is 6.07 Å². The fourth-order valence-corrected chi connectivity index (χ4v) is 2.86. The molecule has 0 saturated heterocycles. The molecule has 5 nitrogen and oxygen atoms in total. The summed E-state index contributed by atoms with van der Waals surface area (Å²) in [6, 6.07) is 5.95. The van der Waals surface area contributed by atoms with Crippen molar-refractivity contribution in [1.29, 1.82) is 0 Å². The lowest BCUT2D eigenvalue weighted by Gasteiger charge is -2.04. The molecule has 0 heterocycles. The van der Waals surface area contributed by atoms with Crippen LogP contribution in [0.25, 0.3) is 0 Å². The quantitative estimate of drug-likeness (QED) is 0.779. The Morgan fingerprint density at radius 3 is 2.65 bits per heavy atom. The van der Waals surface area contributed by atoms with Crippen molar-refractivity contribution < 1.29 is 18.3 Å². The molecule has 0 radical (unpaired) electrons. The third kappa shape index (κ3) is 4.54. The maximum Gasteiger partial charge on any atom is 0.335 e. The molecule has 0 unspecified atom stereocenters. The van der Waals surface area contributed by atoms with Gasteiger partial charge in [-0.25, -0.2) is 13.2 Å². The zero-order valence-electron chi connectivity index (χ0n) is 9.30. The maximum absolute atomic E-state index is 11.6. The lowest BCUT2D eigenvalue weighted by Crippen LogP contribution is -2.13. The van der Waals surface area contributed by atoms with Gasteiger partial charge in [0.15, 0.2) is 9.84 Å². The second kappa shape index (κ2) is 5.79. The van der Waals surface area contributed by atoms with Crippen LogP contribution in [0, 0.1) is 0 Å². The summed E-state index contributed by atoms with van der Waals surface area (Å²) < 4.78 is 23.3. The summed E-state index contributed by atoms with van der Waals surface area (Å²) in [7, 11) is -3.21. The van der Waals surface area contributed by atoms with E-state index in [9.17, 15) is 13.2 Å². The fourth-order valence-electron chi connectivity index (χ4n) is 1.42. The Morgan fingerprint density at radius 1 is 1.35 bits per heavy atom. The number of nitrogens with two attached hydrogens (primary N) is 1. The Morgan fingerprint density at radius 2 is 2.06 bits per heavy atom. The number of hydrogen-bond donors (Lipinski definition) is 2. The van der Waals surface area contributed by atoms with Crippen LogP contribution in [0.5, 0.6) is 0 Å². The van der Waals surface area contributed by atoms with Gasteiger partial charge in [-0.3, -0.25) is 0 Å². The molecule has 17 heavy (non-hydrogen) atoms. The highest BCUT2D eigenvalue weighted by atomic mass is 32.2. The van der Waals surface area contributed by atoms with Gasteiger partial charge in [0, 0.05) is 0 Å². The summed E-state index contributed by atoms with van der Waals surface area (Å²) in [6.45, 7) is 0.328. The van der Waals surface area contributed by atoms with Crippen molar-refractivity contribution in [2.75, 3.05) is 12.3 Å². The molecule has 1 aromatic carbocycles. The smallest absolute Gasteiger partial charge is 0.335 e. The monoisotopic (exact) mass is 257 g/mol. The van der Waals surface area contributed by atoms with E-state index in [1.165, 1.54) is 18.2 Å². The first-order valence-corrected chi connectivity index (χ1v) is 6.99. The average molecular weight is 257 g/mol. The number of rotatable bonds is 6. The van der Waals surface area contributed by atoms with Gasteiger partial charge in [-0.1, -0.05) is 12.1 Å². The van der Waals surface area contributed by atoms with E-state index in [-0.39, 0.29) is 17.1 Å². The summed E-state index contributed by atoms with van der Waals surface area (Å²) in [5.74, 6) is -1.18. The normalized spacial score (nSPS) is 11.4. The van der Waals surface area contributed by atoms with E-state index in [0.717, 1.165) is 0 Å². The molecule has 6 heteroatoms. The molecule has 0 aliphatic carbocycles. The molecule has 0 aromatic heterocycles. The number of benzene rings is 1. The highest BCUT2D eigenvalue weighted by Crippen LogP contribution is 2.10. The first-order valence-electron chi connectivity index (χ1n) is 5.17.